The van der Waals surface area contributed by atoms with Gasteiger partial charge in [0.05, 0.1) is 6.61 Å². The molecule has 1 aliphatic rings. The molecule has 1 aliphatic heterocycles. The molecule has 0 aliphatic carbocycles. The Morgan fingerprint density at radius 1 is 0.880 bits per heavy atom. The van der Waals surface area contributed by atoms with Gasteiger partial charge in [0.25, 0.3) is 0 Å². The fourth-order valence-corrected chi connectivity index (χ4v) is 3.55. The van der Waals surface area contributed by atoms with E-state index in [2.05, 4.69) is 49.9 Å². The van der Waals surface area contributed by atoms with Gasteiger partial charge >= 0.3 is 0 Å². The van der Waals surface area contributed by atoms with Crippen molar-refractivity contribution in [2.75, 3.05) is 26.2 Å². The number of benzene rings is 1. The summed E-state index contributed by atoms with van der Waals surface area (Å²) in [5.74, 6) is 1.01. The minimum atomic E-state index is 0.256. The largest absolute Gasteiger partial charge is 0.494 e. The first kappa shape index (κ1) is 20.3. The highest BCUT2D eigenvalue weighted by Crippen LogP contribution is 2.28. The molecule has 0 atom stereocenters. The molecular weight excluding hydrogens is 306 g/mol. The lowest BCUT2D eigenvalue weighted by Gasteiger charge is -2.23. The van der Waals surface area contributed by atoms with E-state index in [1.54, 1.807) is 0 Å². The van der Waals surface area contributed by atoms with Crippen molar-refractivity contribution in [3.8, 4) is 5.75 Å². The molecule has 0 spiro atoms. The number of hydrogen-bond donors (Lipinski definition) is 0. The average Bonchev–Trinajstić information content (AvgIpc) is 2.90. The van der Waals surface area contributed by atoms with Gasteiger partial charge in [0.1, 0.15) is 5.75 Å². The van der Waals surface area contributed by atoms with Gasteiger partial charge in [-0.1, -0.05) is 58.6 Å². The molecule has 0 saturated carbocycles. The number of rotatable bonds is 10. The SMILES string of the molecule is CCC(C)(C)c1ccc(OCCCCCCN2CCCCCC2)cc1. The second-order valence-electron chi connectivity index (χ2n) is 8.28. The van der Waals surface area contributed by atoms with Crippen LogP contribution < -0.4 is 4.74 Å². The van der Waals surface area contributed by atoms with Gasteiger partial charge in [-0.25, -0.2) is 0 Å². The van der Waals surface area contributed by atoms with Crippen molar-refractivity contribution in [2.24, 2.45) is 0 Å². The van der Waals surface area contributed by atoms with Crippen LogP contribution in [0.3, 0.4) is 0 Å². The Balaban J connectivity index is 1.54. The third-order valence-corrected chi connectivity index (χ3v) is 5.86. The molecule has 0 unspecified atom stereocenters. The van der Waals surface area contributed by atoms with Gasteiger partial charge < -0.3 is 9.64 Å². The fraction of sp³-hybridized carbons (Fsp3) is 0.739. The zero-order valence-electron chi connectivity index (χ0n) is 16.9. The van der Waals surface area contributed by atoms with Gasteiger partial charge in [0.2, 0.25) is 0 Å². The first-order chi connectivity index (χ1) is 12.1. The molecule has 142 valence electrons. The average molecular weight is 346 g/mol. The Labute approximate surface area is 156 Å². The van der Waals surface area contributed by atoms with Gasteiger partial charge in [0, 0.05) is 0 Å². The fourth-order valence-electron chi connectivity index (χ4n) is 3.55. The molecule has 1 fully saturated rings. The summed E-state index contributed by atoms with van der Waals surface area (Å²) in [5.41, 5.74) is 1.65. The lowest BCUT2D eigenvalue weighted by atomic mass is 9.82. The van der Waals surface area contributed by atoms with Crippen LogP contribution in [0, 0.1) is 0 Å². The standard InChI is InChI=1S/C23H39NO/c1-4-23(2,3)21-13-15-22(16-14-21)25-20-12-8-7-11-19-24-17-9-5-6-10-18-24/h13-16H,4-12,17-20H2,1-3H3. The number of nitrogens with zero attached hydrogens (tertiary/aromatic N) is 1. The van der Waals surface area contributed by atoms with E-state index in [1.165, 1.54) is 76.6 Å². The molecule has 0 radical (unpaired) electrons. The van der Waals surface area contributed by atoms with Crippen LogP contribution in [0.1, 0.15) is 84.1 Å². The quantitative estimate of drug-likeness (QED) is 0.469. The third kappa shape index (κ3) is 7.40. The van der Waals surface area contributed by atoms with Crippen molar-refractivity contribution in [3.63, 3.8) is 0 Å². The van der Waals surface area contributed by atoms with Crippen molar-refractivity contribution in [2.45, 2.75) is 84.0 Å². The smallest absolute Gasteiger partial charge is 0.119 e. The maximum absolute atomic E-state index is 5.91. The van der Waals surface area contributed by atoms with Gasteiger partial charge in [0.15, 0.2) is 0 Å². The maximum Gasteiger partial charge on any atom is 0.119 e. The Morgan fingerprint density at radius 3 is 2.16 bits per heavy atom. The summed E-state index contributed by atoms with van der Waals surface area (Å²) >= 11 is 0. The van der Waals surface area contributed by atoms with Crippen LogP contribution in [0.15, 0.2) is 24.3 Å². The van der Waals surface area contributed by atoms with Crippen molar-refractivity contribution in [3.05, 3.63) is 29.8 Å². The topological polar surface area (TPSA) is 12.5 Å². The summed E-state index contributed by atoms with van der Waals surface area (Å²) in [6, 6.07) is 8.71. The molecule has 1 saturated heterocycles. The summed E-state index contributed by atoms with van der Waals surface area (Å²) in [5, 5.41) is 0. The predicted octanol–water partition coefficient (Wildman–Crippen LogP) is 6.19. The van der Waals surface area contributed by atoms with Crippen LogP contribution in [0.25, 0.3) is 0 Å². The first-order valence-corrected chi connectivity index (χ1v) is 10.6. The van der Waals surface area contributed by atoms with Crippen LogP contribution in [-0.4, -0.2) is 31.1 Å². The Hall–Kier alpha value is -1.02. The maximum atomic E-state index is 5.91. The molecule has 25 heavy (non-hydrogen) atoms. The molecule has 1 aromatic carbocycles. The molecule has 0 bridgehead atoms. The molecule has 0 N–H and O–H groups in total. The van der Waals surface area contributed by atoms with Crippen LogP contribution in [0.5, 0.6) is 5.75 Å². The van der Waals surface area contributed by atoms with E-state index in [0.29, 0.717) is 0 Å². The van der Waals surface area contributed by atoms with Gasteiger partial charge in [-0.3, -0.25) is 0 Å². The summed E-state index contributed by atoms with van der Waals surface area (Å²) in [7, 11) is 0. The van der Waals surface area contributed by atoms with Crippen molar-refractivity contribution in [1.29, 1.82) is 0 Å². The van der Waals surface area contributed by atoms with E-state index in [1.807, 2.05) is 0 Å². The lowest BCUT2D eigenvalue weighted by molar-refractivity contribution is 0.272. The summed E-state index contributed by atoms with van der Waals surface area (Å²) in [6.45, 7) is 11.7. The molecular formula is C23H39NO. The Morgan fingerprint density at radius 2 is 1.52 bits per heavy atom. The van der Waals surface area contributed by atoms with Gasteiger partial charge in [-0.05, 0) is 74.8 Å². The Bertz CT molecular complexity index is 457. The first-order valence-electron chi connectivity index (χ1n) is 10.6. The van der Waals surface area contributed by atoms with Crippen LogP contribution in [-0.2, 0) is 5.41 Å². The highest BCUT2D eigenvalue weighted by atomic mass is 16.5. The van der Waals surface area contributed by atoms with Crippen molar-refractivity contribution in [1.82, 2.24) is 4.90 Å². The van der Waals surface area contributed by atoms with Crippen LogP contribution in [0.2, 0.25) is 0 Å². The van der Waals surface area contributed by atoms with Gasteiger partial charge in [-0.15, -0.1) is 0 Å². The van der Waals surface area contributed by atoms with Crippen molar-refractivity contribution < 1.29 is 4.74 Å². The van der Waals surface area contributed by atoms with Crippen molar-refractivity contribution >= 4 is 0 Å². The van der Waals surface area contributed by atoms with E-state index in [0.717, 1.165) is 18.8 Å². The molecule has 1 heterocycles. The Kier molecular flexibility index (Phi) is 8.81. The third-order valence-electron chi connectivity index (χ3n) is 5.86. The zero-order chi connectivity index (χ0) is 18.0. The lowest BCUT2D eigenvalue weighted by Crippen LogP contribution is -2.25. The normalized spacial score (nSPS) is 16.6. The van der Waals surface area contributed by atoms with E-state index in [9.17, 15) is 0 Å². The van der Waals surface area contributed by atoms with Crippen LogP contribution >= 0.6 is 0 Å². The van der Waals surface area contributed by atoms with E-state index >= 15 is 0 Å². The second-order valence-corrected chi connectivity index (χ2v) is 8.28. The highest BCUT2D eigenvalue weighted by Gasteiger charge is 2.17. The van der Waals surface area contributed by atoms with Gasteiger partial charge in [-0.2, -0.15) is 0 Å². The molecule has 2 heteroatoms. The molecule has 0 amide bonds. The number of likely N-dealkylation sites (tertiary alicyclic amines) is 1. The predicted molar refractivity (Wildman–Crippen MR) is 109 cm³/mol. The monoisotopic (exact) mass is 345 g/mol. The molecule has 0 aromatic heterocycles. The van der Waals surface area contributed by atoms with Crippen LogP contribution in [0.4, 0.5) is 0 Å². The molecule has 2 nitrogen and oxygen atoms in total. The molecule has 1 aromatic rings. The summed E-state index contributed by atoms with van der Waals surface area (Å²) in [6.07, 6.45) is 12.0. The second kappa shape index (κ2) is 10.9. The minimum Gasteiger partial charge on any atom is -0.494 e. The number of hydrogen-bond acceptors (Lipinski definition) is 2. The molecule has 2 rings (SSSR count). The zero-order valence-corrected chi connectivity index (χ0v) is 16.9. The van der Waals surface area contributed by atoms with E-state index < -0.39 is 0 Å². The van der Waals surface area contributed by atoms with E-state index in [4.69, 9.17) is 4.74 Å². The summed E-state index contributed by atoms with van der Waals surface area (Å²) in [4.78, 5) is 2.67. The number of unbranched alkanes of at least 4 members (excludes halogenated alkanes) is 3. The highest BCUT2D eigenvalue weighted by molar-refractivity contribution is 5.31. The number of ether oxygens (including phenoxy) is 1. The minimum absolute atomic E-state index is 0.256. The van der Waals surface area contributed by atoms with E-state index in [-0.39, 0.29) is 5.41 Å². The summed E-state index contributed by atoms with van der Waals surface area (Å²) < 4.78 is 5.91.